The van der Waals surface area contributed by atoms with Gasteiger partial charge in [0.2, 0.25) is 11.8 Å². The maximum absolute atomic E-state index is 12.3. The van der Waals surface area contributed by atoms with Crippen LogP contribution < -0.4 is 21.5 Å². The molecule has 2 atom stereocenters. The number of hydrazine groups is 1. The van der Waals surface area contributed by atoms with E-state index < -0.39 is 0 Å². The number of hydrogen-bond donors (Lipinski definition) is 4. The quantitative estimate of drug-likeness (QED) is 0.578. The van der Waals surface area contributed by atoms with E-state index in [2.05, 4.69) is 37.4 Å². The van der Waals surface area contributed by atoms with Crippen LogP contribution in [0.3, 0.4) is 0 Å². The molecule has 2 amide bonds. The molecule has 1 aliphatic rings. The predicted octanol–water partition coefficient (Wildman–Crippen LogP) is 1.79. The maximum atomic E-state index is 12.3. The average molecular weight is 417 g/mol. The van der Waals surface area contributed by atoms with Crippen molar-refractivity contribution in [1.82, 2.24) is 21.5 Å². The van der Waals surface area contributed by atoms with Crippen LogP contribution in [0.4, 0.5) is 0 Å². The van der Waals surface area contributed by atoms with E-state index in [-0.39, 0.29) is 30.4 Å². The third-order valence-electron chi connectivity index (χ3n) is 4.25. The minimum absolute atomic E-state index is 0.0349. The zero-order valence-electron chi connectivity index (χ0n) is 14.2. The fourth-order valence-corrected chi connectivity index (χ4v) is 3.06. The van der Waals surface area contributed by atoms with Crippen LogP contribution in [0.1, 0.15) is 23.6 Å². The van der Waals surface area contributed by atoms with Crippen molar-refractivity contribution in [2.75, 3.05) is 6.54 Å². The van der Waals surface area contributed by atoms with E-state index in [0.29, 0.717) is 13.0 Å². The summed E-state index contributed by atoms with van der Waals surface area (Å²) >= 11 is 3.41. The van der Waals surface area contributed by atoms with Gasteiger partial charge in [-0.3, -0.25) is 9.59 Å². The lowest BCUT2D eigenvalue weighted by Gasteiger charge is -2.11. The molecule has 1 saturated heterocycles. The molecule has 136 valence electrons. The standard InChI is InChI=1S/C19H21BrN4O2/c20-15-8-6-14(7-9-15)16-10-17(24-23-16)19(26)22-12-18(25)21-11-13-4-2-1-3-5-13/h1-9,16-17,23-24H,10-12H2,(H,21,25)(H,22,26). The van der Waals surface area contributed by atoms with Gasteiger partial charge in [0.15, 0.2) is 0 Å². The van der Waals surface area contributed by atoms with E-state index >= 15 is 0 Å². The van der Waals surface area contributed by atoms with Crippen LogP contribution in [0.5, 0.6) is 0 Å². The van der Waals surface area contributed by atoms with Crippen LogP contribution >= 0.6 is 15.9 Å². The summed E-state index contributed by atoms with van der Waals surface area (Å²) in [6, 6.07) is 17.3. The molecule has 0 saturated carbocycles. The molecule has 0 bridgehead atoms. The SMILES string of the molecule is O=C(CNC(=O)C1CC(c2ccc(Br)cc2)NN1)NCc1ccccc1. The molecule has 0 radical (unpaired) electrons. The van der Waals surface area contributed by atoms with Gasteiger partial charge in [0.25, 0.3) is 0 Å². The summed E-state index contributed by atoms with van der Waals surface area (Å²) in [5.74, 6) is -0.399. The van der Waals surface area contributed by atoms with Crippen molar-refractivity contribution in [3.05, 3.63) is 70.2 Å². The topological polar surface area (TPSA) is 82.3 Å². The Bertz CT molecular complexity index is 752. The van der Waals surface area contributed by atoms with E-state index in [1.54, 1.807) is 0 Å². The second-order valence-electron chi connectivity index (χ2n) is 6.16. The molecule has 4 N–H and O–H groups in total. The number of carbonyl (C=O) groups is 2. The Balaban J connectivity index is 1.41. The molecule has 1 aliphatic heterocycles. The van der Waals surface area contributed by atoms with Gasteiger partial charge < -0.3 is 10.6 Å². The average Bonchev–Trinajstić information content (AvgIpc) is 3.16. The highest BCUT2D eigenvalue weighted by molar-refractivity contribution is 9.10. The predicted molar refractivity (Wildman–Crippen MR) is 103 cm³/mol. The molecule has 3 rings (SSSR count). The summed E-state index contributed by atoms with van der Waals surface area (Å²) in [6.07, 6.45) is 0.624. The van der Waals surface area contributed by atoms with Crippen molar-refractivity contribution in [3.63, 3.8) is 0 Å². The fraction of sp³-hybridized carbons (Fsp3) is 0.263. The number of halogens is 1. The smallest absolute Gasteiger partial charge is 0.239 e. The van der Waals surface area contributed by atoms with Crippen LogP contribution in [-0.4, -0.2) is 24.4 Å². The van der Waals surface area contributed by atoms with Gasteiger partial charge in [-0.2, -0.15) is 0 Å². The first-order chi connectivity index (χ1) is 12.6. The molecule has 0 aliphatic carbocycles. The molecule has 0 aromatic heterocycles. The zero-order valence-corrected chi connectivity index (χ0v) is 15.8. The highest BCUT2D eigenvalue weighted by atomic mass is 79.9. The van der Waals surface area contributed by atoms with Gasteiger partial charge in [-0.1, -0.05) is 58.4 Å². The van der Waals surface area contributed by atoms with Gasteiger partial charge in [0.1, 0.15) is 6.04 Å². The lowest BCUT2D eigenvalue weighted by molar-refractivity contribution is -0.127. The minimum Gasteiger partial charge on any atom is -0.350 e. The summed E-state index contributed by atoms with van der Waals surface area (Å²) in [6.45, 7) is 0.414. The summed E-state index contributed by atoms with van der Waals surface area (Å²) in [4.78, 5) is 24.1. The fourth-order valence-electron chi connectivity index (χ4n) is 2.79. The van der Waals surface area contributed by atoms with Gasteiger partial charge in [0, 0.05) is 17.1 Å². The highest BCUT2D eigenvalue weighted by Gasteiger charge is 2.30. The maximum Gasteiger partial charge on any atom is 0.239 e. The first-order valence-electron chi connectivity index (χ1n) is 8.46. The molecular weight excluding hydrogens is 396 g/mol. The third-order valence-corrected chi connectivity index (χ3v) is 4.78. The summed E-state index contributed by atoms with van der Waals surface area (Å²) in [5.41, 5.74) is 8.25. The second kappa shape index (κ2) is 8.93. The van der Waals surface area contributed by atoms with Crippen LogP contribution in [0.15, 0.2) is 59.1 Å². The van der Waals surface area contributed by atoms with E-state index in [9.17, 15) is 9.59 Å². The van der Waals surface area contributed by atoms with Crippen molar-refractivity contribution in [2.24, 2.45) is 0 Å². The van der Waals surface area contributed by atoms with Gasteiger partial charge in [-0.15, -0.1) is 0 Å². The lowest BCUT2D eigenvalue weighted by Crippen LogP contribution is -2.46. The zero-order chi connectivity index (χ0) is 18.4. The number of rotatable bonds is 6. The monoisotopic (exact) mass is 416 g/mol. The molecule has 2 aromatic carbocycles. The molecule has 6 nitrogen and oxygen atoms in total. The molecule has 1 heterocycles. The summed E-state index contributed by atoms with van der Waals surface area (Å²) in [5, 5.41) is 5.47. The highest BCUT2D eigenvalue weighted by Crippen LogP contribution is 2.23. The molecule has 2 aromatic rings. The Morgan fingerprint density at radius 2 is 1.73 bits per heavy atom. The second-order valence-corrected chi connectivity index (χ2v) is 7.08. The van der Waals surface area contributed by atoms with Crippen molar-refractivity contribution in [2.45, 2.75) is 25.0 Å². The van der Waals surface area contributed by atoms with E-state index in [1.165, 1.54) is 0 Å². The molecular formula is C19H21BrN4O2. The number of hydrogen-bond acceptors (Lipinski definition) is 4. The number of amides is 2. The van der Waals surface area contributed by atoms with Crippen LogP contribution in [-0.2, 0) is 16.1 Å². The normalized spacial score (nSPS) is 19.1. The Morgan fingerprint density at radius 1 is 1.00 bits per heavy atom. The largest absolute Gasteiger partial charge is 0.350 e. The first-order valence-corrected chi connectivity index (χ1v) is 9.26. The molecule has 0 spiro atoms. The molecule has 1 fully saturated rings. The van der Waals surface area contributed by atoms with Crippen molar-refractivity contribution in [1.29, 1.82) is 0 Å². The Hall–Kier alpha value is -2.22. The van der Waals surface area contributed by atoms with Gasteiger partial charge in [-0.05, 0) is 29.7 Å². The summed E-state index contributed by atoms with van der Waals surface area (Å²) < 4.78 is 1.02. The third kappa shape index (κ3) is 5.14. The van der Waals surface area contributed by atoms with E-state index in [0.717, 1.165) is 15.6 Å². The van der Waals surface area contributed by atoms with Gasteiger partial charge >= 0.3 is 0 Å². The first kappa shape index (κ1) is 18.6. The van der Waals surface area contributed by atoms with E-state index in [4.69, 9.17) is 0 Å². The molecule has 26 heavy (non-hydrogen) atoms. The van der Waals surface area contributed by atoms with Gasteiger partial charge in [-0.25, -0.2) is 10.9 Å². The Kier molecular flexibility index (Phi) is 6.38. The number of benzene rings is 2. The van der Waals surface area contributed by atoms with Crippen LogP contribution in [0.25, 0.3) is 0 Å². The lowest BCUT2D eigenvalue weighted by atomic mass is 10.0. The van der Waals surface area contributed by atoms with E-state index in [1.807, 2.05) is 54.6 Å². The molecule has 2 unspecified atom stereocenters. The van der Waals surface area contributed by atoms with Crippen molar-refractivity contribution >= 4 is 27.7 Å². The molecule has 7 heteroatoms. The minimum atomic E-state index is -0.370. The van der Waals surface area contributed by atoms with Crippen molar-refractivity contribution in [3.8, 4) is 0 Å². The Morgan fingerprint density at radius 3 is 2.46 bits per heavy atom. The number of carbonyl (C=O) groups excluding carboxylic acids is 2. The number of nitrogens with one attached hydrogen (secondary N) is 4. The van der Waals surface area contributed by atoms with Crippen LogP contribution in [0.2, 0.25) is 0 Å². The summed E-state index contributed by atoms with van der Waals surface area (Å²) in [7, 11) is 0. The Labute approximate surface area is 160 Å². The van der Waals surface area contributed by atoms with Crippen molar-refractivity contribution < 1.29 is 9.59 Å². The van der Waals surface area contributed by atoms with Crippen LogP contribution in [0, 0.1) is 0 Å². The van der Waals surface area contributed by atoms with Gasteiger partial charge in [0.05, 0.1) is 6.54 Å².